The third kappa shape index (κ3) is 4.06. The third-order valence-corrected chi connectivity index (χ3v) is 4.01. The van der Waals surface area contributed by atoms with Gasteiger partial charge in [-0.3, -0.25) is 0 Å². The minimum absolute atomic E-state index is 0.865. The van der Waals surface area contributed by atoms with Crippen LogP contribution in [0.5, 0.6) is 0 Å². The van der Waals surface area contributed by atoms with Gasteiger partial charge in [-0.15, -0.1) is 0 Å². The first kappa shape index (κ1) is 14.1. The Balaban J connectivity index is 1.81. The Kier molecular flexibility index (Phi) is 4.96. The van der Waals surface area contributed by atoms with Crippen molar-refractivity contribution in [1.82, 2.24) is 14.9 Å². The van der Waals surface area contributed by atoms with E-state index in [9.17, 15) is 0 Å². The molecule has 2 rings (SSSR count). The van der Waals surface area contributed by atoms with Crippen molar-refractivity contribution in [2.24, 2.45) is 5.92 Å². The molecule has 0 amide bonds. The number of anilines is 2. The van der Waals surface area contributed by atoms with E-state index in [0.717, 1.165) is 24.1 Å². The van der Waals surface area contributed by atoms with Gasteiger partial charge in [0.05, 0.1) is 0 Å². The van der Waals surface area contributed by atoms with E-state index < -0.39 is 0 Å². The third-order valence-electron chi connectivity index (χ3n) is 4.01. The van der Waals surface area contributed by atoms with Crippen LogP contribution in [-0.2, 0) is 0 Å². The second kappa shape index (κ2) is 6.70. The Morgan fingerprint density at radius 2 is 2.11 bits per heavy atom. The number of hydrogen-bond acceptors (Lipinski definition) is 5. The van der Waals surface area contributed by atoms with Crippen molar-refractivity contribution in [3.8, 4) is 0 Å². The highest BCUT2D eigenvalue weighted by Crippen LogP contribution is 2.21. The molecule has 1 saturated heterocycles. The summed E-state index contributed by atoms with van der Waals surface area (Å²) < 4.78 is 0. The molecule has 1 aliphatic heterocycles. The first-order valence-corrected chi connectivity index (χ1v) is 7.08. The zero-order chi connectivity index (χ0) is 13.7. The number of rotatable bonds is 5. The molecule has 0 unspecified atom stereocenters. The summed E-state index contributed by atoms with van der Waals surface area (Å²) in [6.45, 7) is 3.55. The average molecular weight is 263 g/mol. The number of nitrogens with one attached hydrogen (secondary N) is 1. The van der Waals surface area contributed by atoms with Crippen molar-refractivity contribution >= 4 is 11.6 Å². The number of likely N-dealkylation sites (tertiary alicyclic amines) is 1. The Hall–Kier alpha value is -1.36. The first-order valence-electron chi connectivity index (χ1n) is 7.08. The van der Waals surface area contributed by atoms with Crippen LogP contribution in [0.4, 0.5) is 11.6 Å². The molecule has 5 nitrogen and oxygen atoms in total. The molecule has 0 atom stereocenters. The van der Waals surface area contributed by atoms with Crippen LogP contribution in [0.1, 0.15) is 19.3 Å². The predicted octanol–water partition coefficient (Wildman–Crippen LogP) is 1.69. The molecule has 0 saturated carbocycles. The highest BCUT2D eigenvalue weighted by molar-refractivity contribution is 5.47. The fraction of sp³-hybridized carbons (Fsp3) is 0.714. The SMILES string of the molecule is CNc1cc(N(C)CCC2CCN(C)CC2)ncn1. The van der Waals surface area contributed by atoms with Crippen molar-refractivity contribution in [2.45, 2.75) is 19.3 Å². The van der Waals surface area contributed by atoms with E-state index in [1.807, 2.05) is 13.1 Å². The van der Waals surface area contributed by atoms with Crippen LogP contribution in [0.25, 0.3) is 0 Å². The Morgan fingerprint density at radius 3 is 2.79 bits per heavy atom. The lowest BCUT2D eigenvalue weighted by Crippen LogP contribution is -2.32. The molecule has 0 aromatic carbocycles. The van der Waals surface area contributed by atoms with Crippen LogP contribution in [-0.4, -0.2) is 55.6 Å². The van der Waals surface area contributed by atoms with Gasteiger partial charge in [-0.1, -0.05) is 0 Å². The van der Waals surface area contributed by atoms with Gasteiger partial charge in [0.2, 0.25) is 0 Å². The summed E-state index contributed by atoms with van der Waals surface area (Å²) in [5, 5.41) is 3.05. The number of nitrogens with zero attached hydrogens (tertiary/aromatic N) is 4. The molecule has 5 heteroatoms. The molecule has 0 radical (unpaired) electrons. The molecule has 1 aliphatic rings. The lowest BCUT2D eigenvalue weighted by Gasteiger charge is -2.30. The lowest BCUT2D eigenvalue weighted by atomic mass is 9.94. The summed E-state index contributed by atoms with van der Waals surface area (Å²) in [7, 11) is 6.20. The highest BCUT2D eigenvalue weighted by atomic mass is 15.2. The second-order valence-corrected chi connectivity index (χ2v) is 5.47. The molecule has 0 aliphatic carbocycles. The normalized spacial score (nSPS) is 17.4. The average Bonchev–Trinajstić information content (AvgIpc) is 2.46. The quantitative estimate of drug-likeness (QED) is 0.876. The van der Waals surface area contributed by atoms with Crippen LogP contribution in [0.3, 0.4) is 0 Å². The van der Waals surface area contributed by atoms with Crippen LogP contribution < -0.4 is 10.2 Å². The van der Waals surface area contributed by atoms with Crippen molar-refractivity contribution in [1.29, 1.82) is 0 Å². The molecule has 1 aromatic rings. The van der Waals surface area contributed by atoms with E-state index in [4.69, 9.17) is 0 Å². The summed E-state index contributed by atoms with van der Waals surface area (Å²) in [6.07, 6.45) is 5.53. The molecule has 2 heterocycles. The Bertz CT molecular complexity index is 387. The summed E-state index contributed by atoms with van der Waals surface area (Å²) in [5.41, 5.74) is 0. The topological polar surface area (TPSA) is 44.3 Å². The van der Waals surface area contributed by atoms with Crippen molar-refractivity contribution < 1.29 is 0 Å². The van der Waals surface area contributed by atoms with Gasteiger partial charge >= 0.3 is 0 Å². The number of piperidine rings is 1. The molecule has 0 spiro atoms. The van der Waals surface area contributed by atoms with Gasteiger partial charge in [-0.05, 0) is 45.3 Å². The van der Waals surface area contributed by atoms with Gasteiger partial charge in [0, 0.05) is 26.7 Å². The Labute approximate surface area is 116 Å². The fourth-order valence-electron chi connectivity index (χ4n) is 2.53. The minimum Gasteiger partial charge on any atom is -0.373 e. The van der Waals surface area contributed by atoms with Crippen LogP contribution in [0, 0.1) is 5.92 Å². The van der Waals surface area contributed by atoms with Gasteiger partial charge in [0.25, 0.3) is 0 Å². The van der Waals surface area contributed by atoms with E-state index >= 15 is 0 Å². The monoisotopic (exact) mass is 263 g/mol. The molecular weight excluding hydrogens is 238 g/mol. The van der Waals surface area contributed by atoms with Crippen LogP contribution >= 0.6 is 0 Å². The smallest absolute Gasteiger partial charge is 0.133 e. The maximum Gasteiger partial charge on any atom is 0.133 e. The molecule has 106 valence electrons. The lowest BCUT2D eigenvalue weighted by molar-refractivity contribution is 0.213. The maximum absolute atomic E-state index is 4.33. The fourth-order valence-corrected chi connectivity index (χ4v) is 2.53. The van der Waals surface area contributed by atoms with Crippen molar-refractivity contribution in [3.63, 3.8) is 0 Å². The van der Waals surface area contributed by atoms with Gasteiger partial charge in [0.1, 0.15) is 18.0 Å². The standard InChI is InChI=1S/C14H25N5/c1-15-13-10-14(17-11-16-13)19(3)9-6-12-4-7-18(2)8-5-12/h10-12H,4-9H2,1-3H3,(H,15,16,17). The second-order valence-electron chi connectivity index (χ2n) is 5.47. The first-order chi connectivity index (χ1) is 9.19. The summed E-state index contributed by atoms with van der Waals surface area (Å²) in [5.74, 6) is 2.73. The molecule has 19 heavy (non-hydrogen) atoms. The van der Waals surface area contributed by atoms with Crippen LogP contribution in [0.2, 0.25) is 0 Å². The highest BCUT2D eigenvalue weighted by Gasteiger charge is 2.17. The summed E-state index contributed by atoms with van der Waals surface area (Å²) >= 11 is 0. The van der Waals surface area contributed by atoms with E-state index in [2.05, 4.69) is 39.2 Å². The van der Waals surface area contributed by atoms with E-state index in [1.165, 1.54) is 32.4 Å². The number of aromatic nitrogens is 2. The van der Waals surface area contributed by atoms with E-state index in [1.54, 1.807) is 6.33 Å². The zero-order valence-corrected chi connectivity index (χ0v) is 12.3. The maximum atomic E-state index is 4.33. The zero-order valence-electron chi connectivity index (χ0n) is 12.3. The molecule has 0 bridgehead atoms. The molecule has 1 fully saturated rings. The Morgan fingerprint density at radius 1 is 1.37 bits per heavy atom. The van der Waals surface area contributed by atoms with Gasteiger partial charge in [0.15, 0.2) is 0 Å². The van der Waals surface area contributed by atoms with Gasteiger partial charge in [-0.25, -0.2) is 9.97 Å². The predicted molar refractivity (Wildman–Crippen MR) is 79.7 cm³/mol. The van der Waals surface area contributed by atoms with Gasteiger partial charge in [-0.2, -0.15) is 0 Å². The number of hydrogen-bond donors (Lipinski definition) is 1. The van der Waals surface area contributed by atoms with Crippen molar-refractivity contribution in [2.75, 3.05) is 51.0 Å². The van der Waals surface area contributed by atoms with E-state index in [-0.39, 0.29) is 0 Å². The summed E-state index contributed by atoms with van der Waals surface area (Å²) in [6, 6.07) is 1.99. The molecule has 1 aromatic heterocycles. The minimum atomic E-state index is 0.865. The van der Waals surface area contributed by atoms with Crippen LogP contribution in [0.15, 0.2) is 12.4 Å². The summed E-state index contributed by atoms with van der Waals surface area (Å²) in [4.78, 5) is 13.1. The van der Waals surface area contributed by atoms with E-state index in [0.29, 0.717) is 0 Å². The van der Waals surface area contributed by atoms with Crippen molar-refractivity contribution in [3.05, 3.63) is 12.4 Å². The van der Waals surface area contributed by atoms with Gasteiger partial charge < -0.3 is 15.1 Å². The molecule has 1 N–H and O–H groups in total. The molecular formula is C14H25N5. The largest absolute Gasteiger partial charge is 0.373 e.